The van der Waals surface area contributed by atoms with Gasteiger partial charge in [0.2, 0.25) is 5.91 Å². The van der Waals surface area contributed by atoms with Gasteiger partial charge in [0.1, 0.15) is 0 Å². The largest absolute Gasteiger partial charge is 0.403 e. The van der Waals surface area contributed by atoms with Gasteiger partial charge in [-0.05, 0) is 50.1 Å². The monoisotopic (exact) mass is 410 g/mol. The van der Waals surface area contributed by atoms with Gasteiger partial charge in [0, 0.05) is 30.4 Å². The molecule has 2 atom stereocenters. The average molecular weight is 411 g/mol. The van der Waals surface area contributed by atoms with Crippen LogP contribution in [-0.2, 0) is 4.79 Å². The van der Waals surface area contributed by atoms with E-state index in [-0.39, 0.29) is 30.4 Å². The predicted octanol–water partition coefficient (Wildman–Crippen LogP) is 1.72. The second-order valence-corrected chi connectivity index (χ2v) is 8.36. The Kier molecular flexibility index (Phi) is 6.31. The molecule has 0 spiro atoms. The first-order chi connectivity index (χ1) is 14.2. The van der Waals surface area contributed by atoms with Gasteiger partial charge in [0.15, 0.2) is 0 Å². The number of hydrogen-bond donors (Lipinski definition) is 4. The Morgan fingerprint density at radius 1 is 1.23 bits per heavy atom. The minimum Gasteiger partial charge on any atom is -0.403 e. The van der Waals surface area contributed by atoms with E-state index in [0.717, 1.165) is 17.2 Å². The molecular formula is C23H30N4O3. The van der Waals surface area contributed by atoms with Crippen LogP contribution in [0.25, 0.3) is 10.8 Å². The molecule has 3 rings (SSSR count). The second kappa shape index (κ2) is 8.75. The van der Waals surface area contributed by atoms with Crippen LogP contribution in [0.3, 0.4) is 0 Å². The molecule has 7 nitrogen and oxygen atoms in total. The number of nitrogens with two attached hydrogens (primary N) is 1. The van der Waals surface area contributed by atoms with Crippen LogP contribution in [0.5, 0.6) is 0 Å². The highest BCUT2D eigenvalue weighted by molar-refractivity contribution is 6.00. The Morgan fingerprint density at radius 3 is 2.60 bits per heavy atom. The normalized spacial score (nSPS) is 19.7. The number of likely N-dealkylation sites (tertiary alicyclic amines) is 1. The zero-order chi connectivity index (χ0) is 21.9. The number of nitrogens with one attached hydrogen (secondary N) is 2. The average Bonchev–Trinajstić information content (AvgIpc) is 3.09. The maximum absolute atomic E-state index is 12.7. The van der Waals surface area contributed by atoms with Crippen molar-refractivity contribution in [2.24, 2.45) is 5.73 Å². The van der Waals surface area contributed by atoms with Gasteiger partial charge < -0.3 is 26.4 Å². The lowest BCUT2D eigenvalue weighted by molar-refractivity contribution is -0.130. The first-order valence-electron chi connectivity index (χ1n) is 10.2. The van der Waals surface area contributed by atoms with E-state index in [1.807, 2.05) is 43.3 Å². The molecule has 2 unspecified atom stereocenters. The van der Waals surface area contributed by atoms with Gasteiger partial charge in [0.05, 0.1) is 17.8 Å². The summed E-state index contributed by atoms with van der Waals surface area (Å²) < 4.78 is 0. The molecule has 7 heteroatoms. The lowest BCUT2D eigenvalue weighted by Gasteiger charge is -2.26. The molecule has 0 aliphatic carbocycles. The summed E-state index contributed by atoms with van der Waals surface area (Å²) in [5.41, 5.74) is 5.60. The van der Waals surface area contributed by atoms with Crippen molar-refractivity contribution in [3.63, 3.8) is 0 Å². The Bertz CT molecular complexity index is 964. The fraction of sp³-hybridized carbons (Fsp3) is 0.391. The van der Waals surface area contributed by atoms with Crippen LogP contribution >= 0.6 is 0 Å². The van der Waals surface area contributed by atoms with E-state index in [1.54, 1.807) is 24.8 Å². The quantitative estimate of drug-likeness (QED) is 0.580. The van der Waals surface area contributed by atoms with E-state index >= 15 is 0 Å². The minimum absolute atomic E-state index is 0.0126. The summed E-state index contributed by atoms with van der Waals surface area (Å²) >= 11 is 0. The Morgan fingerprint density at radius 2 is 1.93 bits per heavy atom. The van der Waals surface area contributed by atoms with Crippen LogP contribution in [-0.4, -0.2) is 52.6 Å². The van der Waals surface area contributed by atoms with Crippen molar-refractivity contribution in [2.75, 3.05) is 13.1 Å². The van der Waals surface area contributed by atoms with E-state index in [4.69, 9.17) is 5.73 Å². The standard InChI is InChI=1S/C23H30N4O3/c1-15-10-19(26-20(12-24)23(2,3)30)14-27(15)21(28)13-25-22(29)18-9-8-16-6-4-5-7-17(16)11-18/h4-9,11-12,15,19,26,30H,10,13-14,24H2,1-3H3,(H,25,29)/b20-12-. The molecule has 0 aromatic heterocycles. The van der Waals surface area contributed by atoms with E-state index in [1.165, 1.54) is 6.20 Å². The van der Waals surface area contributed by atoms with Crippen molar-refractivity contribution in [3.05, 3.63) is 59.9 Å². The predicted molar refractivity (Wildman–Crippen MR) is 118 cm³/mol. The highest BCUT2D eigenvalue weighted by atomic mass is 16.3. The van der Waals surface area contributed by atoms with Gasteiger partial charge in [-0.3, -0.25) is 9.59 Å². The van der Waals surface area contributed by atoms with Crippen LogP contribution in [0.2, 0.25) is 0 Å². The summed E-state index contributed by atoms with van der Waals surface area (Å²) in [5, 5.41) is 18.2. The van der Waals surface area contributed by atoms with E-state index in [9.17, 15) is 14.7 Å². The zero-order valence-electron chi connectivity index (χ0n) is 17.7. The molecule has 1 heterocycles. The van der Waals surface area contributed by atoms with Crippen molar-refractivity contribution in [3.8, 4) is 0 Å². The summed E-state index contributed by atoms with van der Waals surface area (Å²) in [7, 11) is 0. The first kappa shape index (κ1) is 21.6. The Labute approximate surface area is 176 Å². The number of aliphatic hydroxyl groups is 1. The van der Waals surface area contributed by atoms with Gasteiger partial charge in [0.25, 0.3) is 5.91 Å². The molecule has 1 saturated heterocycles. The number of carbonyl (C=O) groups excluding carboxylic acids is 2. The molecule has 1 aliphatic rings. The van der Waals surface area contributed by atoms with Crippen molar-refractivity contribution < 1.29 is 14.7 Å². The molecule has 2 amide bonds. The molecule has 0 saturated carbocycles. The van der Waals surface area contributed by atoms with Crippen LogP contribution in [0.15, 0.2) is 54.4 Å². The number of carbonyl (C=O) groups is 2. The van der Waals surface area contributed by atoms with Gasteiger partial charge in [-0.2, -0.15) is 0 Å². The number of amides is 2. The highest BCUT2D eigenvalue weighted by Gasteiger charge is 2.34. The molecule has 160 valence electrons. The van der Waals surface area contributed by atoms with Crippen LogP contribution in [0.4, 0.5) is 0 Å². The summed E-state index contributed by atoms with van der Waals surface area (Å²) in [4.78, 5) is 26.9. The summed E-state index contributed by atoms with van der Waals surface area (Å²) in [6, 6.07) is 13.3. The van der Waals surface area contributed by atoms with E-state index in [2.05, 4.69) is 10.6 Å². The molecule has 1 aliphatic heterocycles. The third kappa shape index (κ3) is 4.91. The topological polar surface area (TPSA) is 108 Å². The molecule has 0 bridgehead atoms. The Balaban J connectivity index is 1.57. The molecular weight excluding hydrogens is 380 g/mol. The van der Waals surface area contributed by atoms with Gasteiger partial charge >= 0.3 is 0 Å². The fourth-order valence-corrected chi connectivity index (χ4v) is 3.82. The summed E-state index contributed by atoms with van der Waals surface area (Å²) in [5.74, 6) is -0.409. The lowest BCUT2D eigenvalue weighted by atomic mass is 10.0. The zero-order valence-corrected chi connectivity index (χ0v) is 17.7. The van der Waals surface area contributed by atoms with Crippen molar-refractivity contribution >= 4 is 22.6 Å². The van der Waals surface area contributed by atoms with Gasteiger partial charge in [-0.1, -0.05) is 30.3 Å². The number of nitrogens with zero attached hydrogens (tertiary/aromatic N) is 1. The smallest absolute Gasteiger partial charge is 0.251 e. The van der Waals surface area contributed by atoms with Gasteiger partial charge in [-0.15, -0.1) is 0 Å². The highest BCUT2D eigenvalue weighted by Crippen LogP contribution is 2.21. The maximum atomic E-state index is 12.7. The van der Waals surface area contributed by atoms with Crippen molar-refractivity contribution in [1.82, 2.24) is 15.5 Å². The minimum atomic E-state index is -1.08. The van der Waals surface area contributed by atoms with Crippen molar-refractivity contribution in [2.45, 2.75) is 44.9 Å². The Hall–Kier alpha value is -3.06. The van der Waals surface area contributed by atoms with Gasteiger partial charge in [-0.25, -0.2) is 0 Å². The number of fused-ring (bicyclic) bond motifs is 1. The molecule has 5 N–H and O–H groups in total. The maximum Gasteiger partial charge on any atom is 0.251 e. The third-order valence-corrected chi connectivity index (χ3v) is 5.49. The molecule has 2 aromatic carbocycles. The first-order valence-corrected chi connectivity index (χ1v) is 10.2. The van der Waals surface area contributed by atoms with Crippen LogP contribution in [0, 0.1) is 0 Å². The number of hydrogen-bond acceptors (Lipinski definition) is 5. The summed E-state index contributed by atoms with van der Waals surface area (Å²) in [6.45, 7) is 5.71. The third-order valence-electron chi connectivity index (χ3n) is 5.49. The number of rotatable bonds is 6. The second-order valence-electron chi connectivity index (χ2n) is 8.36. The lowest BCUT2D eigenvalue weighted by Crippen LogP contribution is -2.44. The summed E-state index contributed by atoms with van der Waals surface area (Å²) in [6.07, 6.45) is 2.09. The molecule has 30 heavy (non-hydrogen) atoms. The van der Waals surface area contributed by atoms with Crippen molar-refractivity contribution in [1.29, 1.82) is 0 Å². The SMILES string of the molecule is CC1CC(N/C(=C\N)C(C)(C)O)CN1C(=O)CNC(=O)c1ccc2ccccc2c1. The van der Waals surface area contributed by atoms with E-state index in [0.29, 0.717) is 17.8 Å². The fourth-order valence-electron chi connectivity index (χ4n) is 3.82. The molecule has 2 aromatic rings. The molecule has 1 fully saturated rings. The van der Waals surface area contributed by atoms with Crippen LogP contribution < -0.4 is 16.4 Å². The van der Waals surface area contributed by atoms with Crippen LogP contribution in [0.1, 0.15) is 37.6 Å². The number of benzene rings is 2. The molecule has 0 radical (unpaired) electrons. The van der Waals surface area contributed by atoms with E-state index < -0.39 is 5.60 Å².